The maximum absolute atomic E-state index is 8.61. The molecule has 2 saturated carbocycles. The first-order valence-electron chi connectivity index (χ1n) is 46.5. The van der Waals surface area contributed by atoms with Crippen LogP contribution >= 0.6 is 0 Å². The standard InChI is InChI=1S/2C38H42N3.C36H40N3/c1-23(2)27-13-12-14-28(24(3)4)35(27)41-34-16-9-8-15-33(34)40(7)37(41)30-22-31-29-18-17-26(6)39-36(29)38(19-10-11-20-38)32(31)21-25(30)5;1-23(2)27-13-12-14-28(24(3)4)35(27)41-34-16-9-8-15-33(34)40(7)37(41)30-22-32-31(21-25(30)5)29-18-17-26(6)39-36(29)38(32)19-10-11-20-38;1-21(2)25-13-12-14-26(22(3)4)33(25)39-32-16-11-10-15-31(32)38(9)35(39)28-20-29-27-18-17-24(6)37-34(27)36(7,8)30(29)19-23(28)5/h2*8-9,12-18,21-24H,10-11,19-20H2,1-7H3;10-22H,1-9H3/q3*+1/i;;7D3. The lowest BCUT2D eigenvalue weighted by Crippen LogP contribution is -2.31. The Bertz CT molecular complexity index is 6750. The number of benzene rings is 9. The summed E-state index contributed by atoms with van der Waals surface area (Å²) in [5.74, 6) is 5.89. The van der Waals surface area contributed by atoms with Gasteiger partial charge in [0, 0.05) is 87.5 Å². The lowest BCUT2D eigenvalue weighted by atomic mass is 9.78. The van der Waals surface area contributed by atoms with Crippen LogP contribution in [0.2, 0.25) is 0 Å². The molecular weight excluding hydrogens is 1470 g/mol. The van der Waals surface area contributed by atoms with Gasteiger partial charge in [0.25, 0.3) is 17.5 Å². The highest BCUT2D eigenvalue weighted by Crippen LogP contribution is 2.60. The van der Waals surface area contributed by atoms with Crippen molar-refractivity contribution in [3.63, 3.8) is 0 Å². The molecule has 5 aliphatic carbocycles. The zero-order valence-corrected chi connectivity index (χ0v) is 75.7. The number of aromatic nitrogens is 9. The summed E-state index contributed by atoms with van der Waals surface area (Å²) in [5.41, 5.74) is 43.3. The summed E-state index contributed by atoms with van der Waals surface area (Å²) in [7, 11) is 6.63. The zero-order chi connectivity index (χ0) is 87.6. The van der Waals surface area contributed by atoms with Gasteiger partial charge >= 0.3 is 0 Å². The Morgan fingerprint density at radius 2 is 0.587 bits per heavy atom. The predicted molar refractivity (Wildman–Crippen MR) is 503 cm³/mol. The summed E-state index contributed by atoms with van der Waals surface area (Å²) in [4.78, 5) is 15.2. The molecular formula is C112H124N9+3. The van der Waals surface area contributed by atoms with Gasteiger partial charge in [-0.2, -0.15) is 13.7 Å². The fourth-order valence-corrected chi connectivity index (χ4v) is 22.3. The Morgan fingerprint density at radius 3 is 0.926 bits per heavy atom. The van der Waals surface area contributed by atoms with Gasteiger partial charge in [0.1, 0.15) is 17.1 Å². The maximum Gasteiger partial charge on any atom is 0.295 e. The number of aryl methyl sites for hydroxylation is 9. The molecule has 0 saturated heterocycles. The first-order valence-corrected chi connectivity index (χ1v) is 45.0. The highest BCUT2D eigenvalue weighted by molar-refractivity contribution is 5.91. The van der Waals surface area contributed by atoms with E-state index in [1.54, 1.807) is 0 Å². The van der Waals surface area contributed by atoms with Crippen LogP contribution in [-0.2, 0) is 37.4 Å². The quantitative estimate of drug-likeness (QED) is 0.115. The van der Waals surface area contributed by atoms with Gasteiger partial charge in [-0.15, -0.1) is 0 Å². The first-order chi connectivity index (χ1) is 59.2. The average molecular weight is 1600 g/mol. The minimum absolute atomic E-state index is 0.0352. The van der Waals surface area contributed by atoms with Gasteiger partial charge in [-0.05, 0) is 226 Å². The van der Waals surface area contributed by atoms with Crippen LogP contribution in [-0.4, -0.2) is 28.7 Å². The molecule has 121 heavy (non-hydrogen) atoms. The lowest BCUT2D eigenvalue weighted by Gasteiger charge is -2.26. The Hall–Kier alpha value is -11.2. The molecule has 9 heteroatoms. The fraction of sp³-hybridized carbons (Fsp3) is 0.357. The summed E-state index contributed by atoms with van der Waals surface area (Å²) < 4.78 is 40.6. The van der Waals surface area contributed by atoms with Crippen LogP contribution in [0.25, 0.3) is 118 Å². The van der Waals surface area contributed by atoms with Gasteiger partial charge in [-0.1, -0.05) is 250 Å². The maximum atomic E-state index is 8.61. The third-order valence-corrected chi connectivity index (χ3v) is 28.4. The van der Waals surface area contributed by atoms with E-state index in [-0.39, 0.29) is 10.8 Å². The summed E-state index contributed by atoms with van der Waals surface area (Å²) in [5, 5.41) is 0. The Balaban J connectivity index is 0.000000127. The summed E-state index contributed by atoms with van der Waals surface area (Å²) in [6.45, 7) is 40.1. The van der Waals surface area contributed by atoms with Gasteiger partial charge < -0.3 is 0 Å². The molecule has 9 nitrogen and oxygen atoms in total. The molecule has 15 aromatic rings. The van der Waals surface area contributed by atoms with Crippen LogP contribution in [0.4, 0.5) is 0 Å². The molecule has 2 spiro atoms. The van der Waals surface area contributed by atoms with Crippen molar-refractivity contribution in [1.82, 2.24) is 28.7 Å². The van der Waals surface area contributed by atoms with Crippen molar-refractivity contribution in [2.45, 2.75) is 242 Å². The van der Waals surface area contributed by atoms with Crippen molar-refractivity contribution in [3.8, 4) is 84.6 Å². The van der Waals surface area contributed by atoms with Crippen LogP contribution in [0.3, 0.4) is 0 Å². The normalized spacial score (nSPS) is 16.2. The van der Waals surface area contributed by atoms with Gasteiger partial charge in [0.15, 0.2) is 33.1 Å². The Morgan fingerprint density at radius 1 is 0.306 bits per heavy atom. The number of rotatable bonds is 12. The van der Waals surface area contributed by atoms with Gasteiger partial charge in [0.2, 0.25) is 0 Å². The molecule has 0 N–H and O–H groups in total. The number of pyridine rings is 3. The van der Waals surface area contributed by atoms with E-state index < -0.39 is 12.3 Å². The number of fused-ring (bicyclic) bond motifs is 16. The van der Waals surface area contributed by atoms with E-state index in [4.69, 9.17) is 19.1 Å². The molecule has 0 bridgehead atoms. The van der Waals surface area contributed by atoms with Crippen molar-refractivity contribution < 1.29 is 17.8 Å². The monoisotopic (exact) mass is 1600 g/mol. The van der Waals surface area contributed by atoms with E-state index in [1.165, 1.54) is 203 Å². The third-order valence-electron chi connectivity index (χ3n) is 28.4. The molecule has 20 rings (SSSR count). The fourth-order valence-electron chi connectivity index (χ4n) is 22.3. The molecule has 0 amide bonds. The van der Waals surface area contributed by atoms with E-state index in [9.17, 15) is 0 Å². The van der Waals surface area contributed by atoms with Crippen molar-refractivity contribution >= 4 is 33.1 Å². The largest absolute Gasteiger partial charge is 0.295 e. The number of nitrogens with zero attached hydrogens (tertiary/aromatic N) is 9. The summed E-state index contributed by atoms with van der Waals surface area (Å²) in [6, 6.07) is 74.4. The molecule has 0 radical (unpaired) electrons. The minimum atomic E-state index is -2.25. The molecule has 2 fully saturated rings. The molecule has 6 heterocycles. The number of hydrogen-bond donors (Lipinski definition) is 0. The topological polar surface area (TPSA) is 65.1 Å². The highest BCUT2D eigenvalue weighted by Gasteiger charge is 2.50. The molecule has 1 unspecified atom stereocenters. The van der Waals surface area contributed by atoms with Crippen molar-refractivity contribution in [2.24, 2.45) is 21.1 Å². The molecule has 1 atom stereocenters. The van der Waals surface area contributed by atoms with Crippen molar-refractivity contribution in [1.29, 1.82) is 0 Å². The number of para-hydroxylation sites is 9. The number of imidazole rings is 3. The predicted octanol–water partition coefficient (Wildman–Crippen LogP) is 27.1. The van der Waals surface area contributed by atoms with E-state index in [1.807, 2.05) is 26.0 Å². The van der Waals surface area contributed by atoms with Crippen LogP contribution in [0.5, 0.6) is 0 Å². The Kier molecular flexibility index (Phi) is 19.4. The smallest absolute Gasteiger partial charge is 0.257 e. The number of hydrogen-bond acceptors (Lipinski definition) is 3. The van der Waals surface area contributed by atoms with Crippen LogP contribution in [0.15, 0.2) is 200 Å². The van der Waals surface area contributed by atoms with Crippen molar-refractivity contribution in [3.05, 3.63) is 301 Å². The lowest BCUT2D eigenvalue weighted by molar-refractivity contribution is -0.634. The SMILES string of the molecule is Cc1ccc2c(n1)C1(CCCC1)c1cc(-c3n(-c4c(C(C)C)cccc4C(C)C)c4ccccc4[n+]3C)c(C)cc1-2.Cc1ccc2c(n1)C1(CCCC1)c1cc(C)c(-c3n(-c4c(C(C)C)cccc4C(C)C)c4ccccc4[n+]3C)cc1-2.[2H]C([2H])([2H])C1(C)c2cc(C)c(-c3n(-c4c(C(C)C)cccc4C(C)C)c4ccccc4[n+]3C)cc2-c2ccc(C)nc21. The zero-order valence-electron chi connectivity index (χ0n) is 78.7. The van der Waals surface area contributed by atoms with E-state index in [0.717, 1.165) is 61.8 Å². The highest BCUT2D eigenvalue weighted by atomic mass is 15.2. The van der Waals surface area contributed by atoms with Crippen LogP contribution < -0.4 is 13.7 Å². The van der Waals surface area contributed by atoms with Crippen molar-refractivity contribution in [2.75, 3.05) is 0 Å². The van der Waals surface area contributed by atoms with Gasteiger partial charge in [0.05, 0.1) is 54.9 Å². The Labute approximate surface area is 723 Å². The second-order valence-electron chi connectivity index (χ2n) is 38.3. The van der Waals surface area contributed by atoms with Crippen LogP contribution in [0.1, 0.15) is 289 Å². The van der Waals surface area contributed by atoms with E-state index >= 15 is 0 Å². The molecule has 0 aliphatic heterocycles. The second kappa shape index (κ2) is 30.5. The van der Waals surface area contributed by atoms with Gasteiger partial charge in [-0.3, -0.25) is 15.0 Å². The average Bonchev–Trinajstić information content (AvgIpc) is 1.55. The molecule has 6 aromatic heterocycles. The molecule has 614 valence electrons. The molecule has 9 aromatic carbocycles. The first kappa shape index (κ1) is 77.2. The molecule has 5 aliphatic rings. The third kappa shape index (κ3) is 12.7. The summed E-state index contributed by atoms with van der Waals surface area (Å²) >= 11 is 0. The second-order valence-corrected chi connectivity index (χ2v) is 38.3. The van der Waals surface area contributed by atoms with E-state index in [0.29, 0.717) is 41.2 Å². The minimum Gasteiger partial charge on any atom is -0.257 e. The van der Waals surface area contributed by atoms with Crippen LogP contribution in [0, 0.1) is 41.5 Å². The van der Waals surface area contributed by atoms with Gasteiger partial charge in [-0.25, -0.2) is 13.7 Å². The van der Waals surface area contributed by atoms with E-state index in [2.05, 4.69) is 354 Å². The summed E-state index contributed by atoms with van der Waals surface area (Å²) in [6.07, 6.45) is 9.89.